The zero-order valence-electron chi connectivity index (χ0n) is 13.0. The van der Waals surface area contributed by atoms with Crippen LogP contribution in [0, 0.1) is 16.0 Å². The van der Waals surface area contributed by atoms with Gasteiger partial charge in [-0.25, -0.2) is 0 Å². The van der Waals surface area contributed by atoms with Crippen LogP contribution >= 0.6 is 0 Å². The molecule has 2 unspecified atom stereocenters. The summed E-state index contributed by atoms with van der Waals surface area (Å²) in [6.07, 6.45) is 3.88. The maximum Gasteiger partial charge on any atom is 0.292 e. The summed E-state index contributed by atoms with van der Waals surface area (Å²) in [4.78, 5) is 13.0. The zero-order chi connectivity index (χ0) is 15.6. The van der Waals surface area contributed by atoms with Crippen LogP contribution in [0.4, 0.5) is 11.4 Å². The van der Waals surface area contributed by atoms with Gasteiger partial charge in [-0.3, -0.25) is 10.1 Å². The molecule has 5 nitrogen and oxygen atoms in total. The van der Waals surface area contributed by atoms with Crippen LogP contribution in [0.2, 0.25) is 0 Å². The van der Waals surface area contributed by atoms with E-state index in [2.05, 4.69) is 6.92 Å². The first kappa shape index (κ1) is 15.8. The Hall–Kier alpha value is -1.62. The quantitative estimate of drug-likeness (QED) is 0.679. The number of hydrogen-bond donors (Lipinski definition) is 1. The van der Waals surface area contributed by atoms with Gasteiger partial charge in [-0.2, -0.15) is 0 Å². The molecular weight excluding hydrogens is 268 g/mol. The number of hydrogen-bond acceptors (Lipinski definition) is 4. The molecule has 0 heterocycles. The van der Waals surface area contributed by atoms with E-state index in [9.17, 15) is 15.2 Å². The number of anilines is 1. The van der Waals surface area contributed by atoms with Gasteiger partial charge in [-0.1, -0.05) is 25.8 Å². The number of benzene rings is 1. The number of nitro benzene ring substituents is 1. The van der Waals surface area contributed by atoms with Gasteiger partial charge in [0.05, 0.1) is 11.0 Å². The number of aliphatic hydroxyl groups is 1. The third-order valence-electron chi connectivity index (χ3n) is 4.51. The molecule has 1 aromatic carbocycles. The van der Waals surface area contributed by atoms with Crippen molar-refractivity contribution in [3.05, 3.63) is 33.9 Å². The predicted molar refractivity (Wildman–Crippen MR) is 83.6 cm³/mol. The first-order valence-corrected chi connectivity index (χ1v) is 7.59. The van der Waals surface area contributed by atoms with E-state index in [1.165, 1.54) is 18.9 Å². The minimum atomic E-state index is -0.697. The molecule has 1 fully saturated rings. The Morgan fingerprint density at radius 2 is 2.14 bits per heavy atom. The van der Waals surface area contributed by atoms with Crippen molar-refractivity contribution in [2.45, 2.75) is 51.7 Å². The summed E-state index contributed by atoms with van der Waals surface area (Å²) < 4.78 is 0. The molecule has 1 aliphatic carbocycles. The lowest BCUT2D eigenvalue weighted by Crippen LogP contribution is -2.35. The van der Waals surface area contributed by atoms with E-state index in [1.807, 2.05) is 11.9 Å². The second kappa shape index (κ2) is 6.43. The van der Waals surface area contributed by atoms with Gasteiger partial charge in [0.1, 0.15) is 5.69 Å². The number of nitrogens with zero attached hydrogens (tertiary/aromatic N) is 2. The largest absolute Gasteiger partial charge is 0.389 e. The Morgan fingerprint density at radius 3 is 2.71 bits per heavy atom. The molecule has 3 atom stereocenters. The third kappa shape index (κ3) is 3.53. The summed E-state index contributed by atoms with van der Waals surface area (Å²) in [5.74, 6) is 0.669. The highest BCUT2D eigenvalue weighted by atomic mass is 16.6. The smallest absolute Gasteiger partial charge is 0.292 e. The maximum absolute atomic E-state index is 11.3. The summed E-state index contributed by atoms with van der Waals surface area (Å²) in [5.41, 5.74) is 1.30. The van der Waals surface area contributed by atoms with Gasteiger partial charge in [0.2, 0.25) is 0 Å². The number of rotatable bonds is 4. The van der Waals surface area contributed by atoms with Gasteiger partial charge in [0.25, 0.3) is 5.69 Å². The van der Waals surface area contributed by atoms with Crippen molar-refractivity contribution in [2.24, 2.45) is 5.92 Å². The molecular formula is C16H24N2O3. The fraction of sp³-hybridized carbons (Fsp3) is 0.625. The molecule has 5 heteroatoms. The van der Waals surface area contributed by atoms with E-state index in [0.717, 1.165) is 12.8 Å². The molecule has 1 saturated carbocycles. The summed E-state index contributed by atoms with van der Waals surface area (Å²) in [6.45, 7) is 3.86. The SMILES string of the molecule is CC1CCCC(N(C)c2ccc([C@H](C)O)cc2[N+](=O)[O-])C1. The highest BCUT2D eigenvalue weighted by Gasteiger charge is 2.27. The molecule has 0 bridgehead atoms. The molecule has 1 N–H and O–H groups in total. The number of nitro groups is 1. The van der Waals surface area contributed by atoms with Crippen LogP contribution in [0.1, 0.15) is 51.2 Å². The van der Waals surface area contributed by atoms with Gasteiger partial charge < -0.3 is 10.0 Å². The van der Waals surface area contributed by atoms with Gasteiger partial charge in [0, 0.05) is 19.2 Å². The number of aliphatic hydroxyl groups excluding tert-OH is 1. The van der Waals surface area contributed by atoms with Crippen LogP contribution < -0.4 is 4.90 Å². The van der Waals surface area contributed by atoms with Crippen LogP contribution in [0.25, 0.3) is 0 Å². The summed E-state index contributed by atoms with van der Waals surface area (Å²) in [5, 5.41) is 21.0. The fourth-order valence-electron chi connectivity index (χ4n) is 3.20. The lowest BCUT2D eigenvalue weighted by atomic mass is 9.86. The average Bonchev–Trinajstić information content (AvgIpc) is 2.45. The molecule has 0 aromatic heterocycles. The fourth-order valence-corrected chi connectivity index (χ4v) is 3.20. The van der Waals surface area contributed by atoms with E-state index >= 15 is 0 Å². The van der Waals surface area contributed by atoms with Crippen molar-refractivity contribution in [1.82, 2.24) is 0 Å². The van der Waals surface area contributed by atoms with E-state index < -0.39 is 6.10 Å². The summed E-state index contributed by atoms with van der Waals surface area (Å²) >= 11 is 0. The van der Waals surface area contributed by atoms with Crippen molar-refractivity contribution in [1.29, 1.82) is 0 Å². The molecule has 2 rings (SSSR count). The Balaban J connectivity index is 2.31. The third-order valence-corrected chi connectivity index (χ3v) is 4.51. The van der Waals surface area contributed by atoms with Crippen LogP contribution in [0.5, 0.6) is 0 Å². The maximum atomic E-state index is 11.3. The monoisotopic (exact) mass is 292 g/mol. The van der Waals surface area contributed by atoms with Crippen LogP contribution in [0.3, 0.4) is 0 Å². The van der Waals surface area contributed by atoms with Crippen molar-refractivity contribution in [3.8, 4) is 0 Å². The summed E-state index contributed by atoms with van der Waals surface area (Å²) in [6, 6.07) is 5.38. The van der Waals surface area contributed by atoms with Gasteiger partial charge in [-0.05, 0) is 37.3 Å². The Bertz CT molecular complexity index is 516. The van der Waals surface area contributed by atoms with Crippen LogP contribution in [0.15, 0.2) is 18.2 Å². The minimum absolute atomic E-state index is 0.0779. The van der Waals surface area contributed by atoms with E-state index in [1.54, 1.807) is 19.1 Å². The molecule has 0 radical (unpaired) electrons. The highest BCUT2D eigenvalue weighted by Crippen LogP contribution is 2.35. The Morgan fingerprint density at radius 1 is 1.43 bits per heavy atom. The minimum Gasteiger partial charge on any atom is -0.389 e. The highest BCUT2D eigenvalue weighted by molar-refractivity contribution is 5.64. The van der Waals surface area contributed by atoms with E-state index in [0.29, 0.717) is 23.2 Å². The normalized spacial score (nSPS) is 23.6. The van der Waals surface area contributed by atoms with Crippen molar-refractivity contribution in [3.63, 3.8) is 0 Å². The first-order valence-electron chi connectivity index (χ1n) is 7.59. The summed E-state index contributed by atoms with van der Waals surface area (Å²) in [7, 11) is 1.94. The van der Waals surface area contributed by atoms with Gasteiger partial charge in [-0.15, -0.1) is 0 Å². The standard InChI is InChI=1S/C16H24N2O3/c1-11-5-4-6-14(9-11)17(3)15-8-7-13(12(2)19)10-16(15)18(20)21/h7-8,10-12,14,19H,4-6,9H2,1-3H3/t11?,12-,14?/m0/s1. The van der Waals surface area contributed by atoms with E-state index in [-0.39, 0.29) is 10.6 Å². The van der Waals surface area contributed by atoms with E-state index in [4.69, 9.17) is 0 Å². The lowest BCUT2D eigenvalue weighted by molar-refractivity contribution is -0.384. The van der Waals surface area contributed by atoms with Crippen molar-refractivity contribution >= 4 is 11.4 Å². The zero-order valence-corrected chi connectivity index (χ0v) is 13.0. The van der Waals surface area contributed by atoms with Crippen molar-refractivity contribution < 1.29 is 10.0 Å². The van der Waals surface area contributed by atoms with Gasteiger partial charge in [0.15, 0.2) is 0 Å². The molecule has 0 saturated heterocycles. The molecule has 0 aliphatic heterocycles. The molecule has 116 valence electrons. The van der Waals surface area contributed by atoms with Crippen LogP contribution in [-0.2, 0) is 0 Å². The first-order chi connectivity index (χ1) is 9.90. The lowest BCUT2D eigenvalue weighted by Gasteiger charge is -2.35. The second-order valence-electron chi connectivity index (χ2n) is 6.22. The topological polar surface area (TPSA) is 66.6 Å². The second-order valence-corrected chi connectivity index (χ2v) is 6.22. The Labute approximate surface area is 125 Å². The molecule has 21 heavy (non-hydrogen) atoms. The average molecular weight is 292 g/mol. The Kier molecular flexibility index (Phi) is 4.83. The van der Waals surface area contributed by atoms with Gasteiger partial charge >= 0.3 is 0 Å². The predicted octanol–water partition coefficient (Wildman–Crippen LogP) is 3.66. The molecule has 1 aliphatic rings. The molecule has 0 amide bonds. The molecule has 1 aromatic rings. The van der Waals surface area contributed by atoms with Crippen molar-refractivity contribution in [2.75, 3.05) is 11.9 Å². The van der Waals surface area contributed by atoms with Crippen LogP contribution in [-0.4, -0.2) is 23.1 Å². The molecule has 0 spiro atoms.